The van der Waals surface area contributed by atoms with Gasteiger partial charge < -0.3 is 5.32 Å². The van der Waals surface area contributed by atoms with Crippen molar-refractivity contribution in [1.82, 2.24) is 4.31 Å². The van der Waals surface area contributed by atoms with Crippen LogP contribution in [0.4, 0.5) is 10.1 Å². The Hall–Kier alpha value is -1.47. The molecule has 0 bridgehead atoms. The molecule has 0 aliphatic carbocycles. The van der Waals surface area contributed by atoms with Crippen LogP contribution in [0.25, 0.3) is 0 Å². The van der Waals surface area contributed by atoms with Gasteiger partial charge in [0.2, 0.25) is 15.9 Å². The molecule has 116 valence electrons. The molecule has 7 heteroatoms. The van der Waals surface area contributed by atoms with Crippen LogP contribution < -0.4 is 5.32 Å². The number of sulfonamides is 1. The van der Waals surface area contributed by atoms with Gasteiger partial charge in [-0.3, -0.25) is 4.79 Å². The van der Waals surface area contributed by atoms with Crippen molar-refractivity contribution in [2.75, 3.05) is 24.7 Å². The van der Waals surface area contributed by atoms with Crippen LogP contribution in [0, 0.1) is 18.7 Å². The molecule has 1 fully saturated rings. The fourth-order valence-electron chi connectivity index (χ4n) is 2.42. The lowest BCUT2D eigenvalue weighted by molar-refractivity contribution is -0.120. The summed E-state index contributed by atoms with van der Waals surface area (Å²) >= 11 is 0. The van der Waals surface area contributed by atoms with Crippen molar-refractivity contribution in [3.8, 4) is 0 Å². The fourth-order valence-corrected chi connectivity index (χ4v) is 3.29. The number of anilines is 1. The number of nitrogens with one attached hydrogen (secondary N) is 1. The van der Waals surface area contributed by atoms with E-state index >= 15 is 0 Å². The quantitative estimate of drug-likeness (QED) is 0.924. The van der Waals surface area contributed by atoms with Crippen molar-refractivity contribution < 1.29 is 17.6 Å². The number of hydrogen-bond donors (Lipinski definition) is 1. The summed E-state index contributed by atoms with van der Waals surface area (Å²) in [6, 6.07) is 4.42. The molecule has 1 aromatic carbocycles. The van der Waals surface area contributed by atoms with E-state index in [1.54, 1.807) is 13.0 Å². The van der Waals surface area contributed by atoms with Gasteiger partial charge in [0.05, 0.1) is 6.26 Å². The molecule has 0 radical (unpaired) electrons. The van der Waals surface area contributed by atoms with E-state index in [-0.39, 0.29) is 17.6 Å². The molecule has 2 rings (SSSR count). The third-order valence-corrected chi connectivity index (χ3v) is 5.02. The summed E-state index contributed by atoms with van der Waals surface area (Å²) in [5.74, 6) is -0.669. The smallest absolute Gasteiger partial charge is 0.227 e. The average Bonchev–Trinajstić information content (AvgIpc) is 2.42. The number of carbonyl (C=O) groups is 1. The number of piperidine rings is 1. The number of hydrogen-bond acceptors (Lipinski definition) is 3. The van der Waals surface area contributed by atoms with Crippen LogP contribution in [-0.4, -0.2) is 38.0 Å². The maximum Gasteiger partial charge on any atom is 0.227 e. The minimum absolute atomic E-state index is 0.144. The molecule has 1 N–H and O–H groups in total. The molecule has 0 spiro atoms. The van der Waals surface area contributed by atoms with E-state index in [0.29, 0.717) is 37.2 Å². The number of aryl methyl sites for hydroxylation is 1. The number of benzene rings is 1. The van der Waals surface area contributed by atoms with Gasteiger partial charge in [0.15, 0.2) is 0 Å². The lowest BCUT2D eigenvalue weighted by Crippen LogP contribution is -2.40. The highest BCUT2D eigenvalue weighted by molar-refractivity contribution is 7.88. The van der Waals surface area contributed by atoms with Gasteiger partial charge in [-0.2, -0.15) is 0 Å². The molecule has 0 unspecified atom stereocenters. The zero-order chi connectivity index (χ0) is 15.6. The number of amides is 1. The number of halogens is 1. The molecule has 1 aromatic rings. The van der Waals surface area contributed by atoms with Crippen LogP contribution in [0.5, 0.6) is 0 Å². The van der Waals surface area contributed by atoms with Crippen molar-refractivity contribution in [3.63, 3.8) is 0 Å². The predicted octanol–water partition coefficient (Wildman–Crippen LogP) is 1.74. The lowest BCUT2D eigenvalue weighted by Gasteiger charge is -2.29. The maximum absolute atomic E-state index is 13.2. The van der Waals surface area contributed by atoms with E-state index in [1.165, 1.54) is 22.7 Å². The second kappa shape index (κ2) is 6.11. The third-order valence-electron chi connectivity index (χ3n) is 3.72. The summed E-state index contributed by atoms with van der Waals surface area (Å²) in [7, 11) is -3.18. The Balaban J connectivity index is 1.95. The Labute approximate surface area is 124 Å². The molecule has 1 amide bonds. The molecular formula is C14H19FN2O3S. The predicted molar refractivity (Wildman–Crippen MR) is 78.9 cm³/mol. The largest absolute Gasteiger partial charge is 0.326 e. The third kappa shape index (κ3) is 4.01. The lowest BCUT2D eigenvalue weighted by atomic mass is 9.97. The second-order valence-corrected chi connectivity index (χ2v) is 7.37. The molecule has 1 heterocycles. The van der Waals surface area contributed by atoms with Gasteiger partial charge in [-0.25, -0.2) is 17.1 Å². The highest BCUT2D eigenvalue weighted by Crippen LogP contribution is 2.21. The van der Waals surface area contributed by atoms with Gasteiger partial charge in [0.1, 0.15) is 5.82 Å². The Bertz CT molecular complexity index is 638. The van der Waals surface area contributed by atoms with E-state index in [1.807, 2.05) is 0 Å². The van der Waals surface area contributed by atoms with E-state index in [2.05, 4.69) is 5.32 Å². The molecule has 0 aromatic heterocycles. The number of rotatable bonds is 3. The normalized spacial score (nSPS) is 17.7. The van der Waals surface area contributed by atoms with Gasteiger partial charge in [-0.05, 0) is 43.5 Å². The first-order valence-corrected chi connectivity index (χ1v) is 8.64. The Morgan fingerprint density at radius 1 is 1.33 bits per heavy atom. The maximum atomic E-state index is 13.2. The van der Waals surface area contributed by atoms with Crippen LogP contribution in [0.15, 0.2) is 18.2 Å². The fraction of sp³-hybridized carbons (Fsp3) is 0.500. The molecule has 5 nitrogen and oxygen atoms in total. The summed E-state index contributed by atoms with van der Waals surface area (Å²) in [6.07, 6.45) is 2.17. The first kappa shape index (κ1) is 15.9. The SMILES string of the molecule is Cc1cc(NC(=O)C2CCN(S(C)(=O)=O)CC2)ccc1F. The van der Waals surface area contributed by atoms with E-state index in [9.17, 15) is 17.6 Å². The van der Waals surface area contributed by atoms with Crippen molar-refractivity contribution in [2.45, 2.75) is 19.8 Å². The first-order valence-electron chi connectivity index (χ1n) is 6.79. The highest BCUT2D eigenvalue weighted by Gasteiger charge is 2.28. The molecule has 0 saturated carbocycles. The molecule has 0 atom stereocenters. The molecule has 1 aliphatic heterocycles. The first-order chi connectivity index (χ1) is 9.77. The Kier molecular flexibility index (Phi) is 4.63. The van der Waals surface area contributed by atoms with E-state index < -0.39 is 10.0 Å². The standard InChI is InChI=1S/C14H19FN2O3S/c1-10-9-12(3-4-13(10)15)16-14(18)11-5-7-17(8-6-11)21(2,19)20/h3-4,9,11H,5-8H2,1-2H3,(H,16,18). The molecular weight excluding hydrogens is 295 g/mol. The Morgan fingerprint density at radius 3 is 2.48 bits per heavy atom. The van der Waals surface area contributed by atoms with Crippen molar-refractivity contribution >= 4 is 21.6 Å². The van der Waals surface area contributed by atoms with E-state index in [0.717, 1.165) is 0 Å². The minimum atomic E-state index is -3.18. The highest BCUT2D eigenvalue weighted by atomic mass is 32.2. The molecule has 1 saturated heterocycles. The van der Waals surface area contributed by atoms with Gasteiger partial charge >= 0.3 is 0 Å². The van der Waals surface area contributed by atoms with Gasteiger partial charge in [-0.1, -0.05) is 0 Å². The van der Waals surface area contributed by atoms with Crippen molar-refractivity contribution in [3.05, 3.63) is 29.6 Å². The van der Waals surface area contributed by atoms with E-state index in [4.69, 9.17) is 0 Å². The van der Waals surface area contributed by atoms with Crippen LogP contribution in [0.1, 0.15) is 18.4 Å². The van der Waals surface area contributed by atoms with Crippen LogP contribution in [-0.2, 0) is 14.8 Å². The topological polar surface area (TPSA) is 66.5 Å². The zero-order valence-electron chi connectivity index (χ0n) is 12.1. The van der Waals surface area contributed by atoms with Gasteiger partial charge in [-0.15, -0.1) is 0 Å². The van der Waals surface area contributed by atoms with Crippen molar-refractivity contribution in [1.29, 1.82) is 0 Å². The average molecular weight is 314 g/mol. The second-order valence-electron chi connectivity index (χ2n) is 5.39. The monoisotopic (exact) mass is 314 g/mol. The Morgan fingerprint density at radius 2 is 1.95 bits per heavy atom. The van der Waals surface area contributed by atoms with Crippen LogP contribution in [0.2, 0.25) is 0 Å². The minimum Gasteiger partial charge on any atom is -0.326 e. The zero-order valence-corrected chi connectivity index (χ0v) is 12.9. The number of nitrogens with zero attached hydrogens (tertiary/aromatic N) is 1. The number of carbonyl (C=O) groups excluding carboxylic acids is 1. The van der Waals surface area contributed by atoms with Gasteiger partial charge in [0, 0.05) is 24.7 Å². The van der Waals surface area contributed by atoms with Crippen molar-refractivity contribution in [2.24, 2.45) is 5.92 Å². The summed E-state index contributed by atoms with van der Waals surface area (Å²) in [6.45, 7) is 2.36. The van der Waals surface area contributed by atoms with Crippen LogP contribution >= 0.6 is 0 Å². The summed E-state index contributed by atoms with van der Waals surface area (Å²) < 4.78 is 37.4. The van der Waals surface area contributed by atoms with Gasteiger partial charge in [0.25, 0.3) is 0 Å². The summed E-state index contributed by atoms with van der Waals surface area (Å²) in [5.41, 5.74) is 1.03. The summed E-state index contributed by atoms with van der Waals surface area (Å²) in [4.78, 5) is 12.1. The molecule has 1 aliphatic rings. The van der Waals surface area contributed by atoms with Crippen LogP contribution in [0.3, 0.4) is 0 Å². The summed E-state index contributed by atoms with van der Waals surface area (Å²) in [5, 5.41) is 2.76. The molecule has 21 heavy (non-hydrogen) atoms.